The third kappa shape index (κ3) is 2.09. The van der Waals surface area contributed by atoms with Crippen LogP contribution in [0.4, 0.5) is 5.69 Å². The maximum Gasteiger partial charge on any atom is 0.182 e. The smallest absolute Gasteiger partial charge is 0.182 e. The highest BCUT2D eigenvalue weighted by atomic mass is 15.6. The first-order valence-corrected chi connectivity index (χ1v) is 6.85. The van der Waals surface area contributed by atoms with Crippen LogP contribution >= 0.6 is 0 Å². The summed E-state index contributed by atoms with van der Waals surface area (Å²) in [6.07, 6.45) is 3.66. The van der Waals surface area contributed by atoms with Crippen LogP contribution in [0.1, 0.15) is 37.8 Å². The van der Waals surface area contributed by atoms with Gasteiger partial charge in [0.15, 0.2) is 5.82 Å². The first-order valence-electron chi connectivity index (χ1n) is 6.85. The van der Waals surface area contributed by atoms with E-state index in [0.717, 1.165) is 28.6 Å². The molecule has 0 spiro atoms. The van der Waals surface area contributed by atoms with Crippen LogP contribution in [0.5, 0.6) is 0 Å². The lowest BCUT2D eigenvalue weighted by Crippen LogP contribution is -2.03. The Morgan fingerprint density at radius 1 is 1.42 bits per heavy atom. The van der Waals surface area contributed by atoms with E-state index in [4.69, 9.17) is 5.73 Å². The third-order valence-electron chi connectivity index (χ3n) is 3.97. The lowest BCUT2D eigenvalue weighted by Gasteiger charge is -2.08. The Hall–Kier alpha value is -1.91. The van der Waals surface area contributed by atoms with Crippen molar-refractivity contribution in [2.45, 2.75) is 39.2 Å². The average Bonchev–Trinajstić information content (AvgIpc) is 2.99. The molecule has 1 aliphatic carbocycles. The summed E-state index contributed by atoms with van der Waals surface area (Å²) in [6, 6.07) is 6.35. The van der Waals surface area contributed by atoms with Crippen molar-refractivity contribution in [3.05, 3.63) is 23.8 Å². The van der Waals surface area contributed by atoms with Crippen LogP contribution in [0.15, 0.2) is 18.2 Å². The van der Waals surface area contributed by atoms with Gasteiger partial charge in [-0.2, -0.15) is 0 Å². The van der Waals surface area contributed by atoms with E-state index in [1.807, 2.05) is 29.8 Å². The summed E-state index contributed by atoms with van der Waals surface area (Å²) >= 11 is 0. The molecule has 1 aromatic carbocycles. The van der Waals surface area contributed by atoms with Gasteiger partial charge in [-0.3, -0.25) is 0 Å². The van der Waals surface area contributed by atoms with E-state index in [1.165, 1.54) is 19.3 Å². The van der Waals surface area contributed by atoms with Crippen molar-refractivity contribution in [1.82, 2.24) is 20.2 Å². The third-order valence-corrected chi connectivity index (χ3v) is 3.97. The van der Waals surface area contributed by atoms with Gasteiger partial charge in [0.2, 0.25) is 0 Å². The summed E-state index contributed by atoms with van der Waals surface area (Å²) in [5.74, 6) is 1.57. The molecule has 2 unspecified atom stereocenters. The van der Waals surface area contributed by atoms with Crippen molar-refractivity contribution in [3.63, 3.8) is 0 Å². The van der Waals surface area contributed by atoms with Gasteiger partial charge in [0.05, 0.1) is 6.04 Å². The van der Waals surface area contributed by atoms with Crippen LogP contribution in [0.2, 0.25) is 0 Å². The lowest BCUT2D eigenvalue weighted by molar-refractivity contribution is 0.548. The molecule has 0 amide bonds. The van der Waals surface area contributed by atoms with E-state index in [1.54, 1.807) is 0 Å². The summed E-state index contributed by atoms with van der Waals surface area (Å²) in [5, 5.41) is 12.2. The van der Waals surface area contributed by atoms with Gasteiger partial charge in [-0.15, -0.1) is 5.10 Å². The van der Waals surface area contributed by atoms with Crippen molar-refractivity contribution >= 4 is 5.69 Å². The molecule has 19 heavy (non-hydrogen) atoms. The van der Waals surface area contributed by atoms with Gasteiger partial charge in [-0.1, -0.05) is 25.5 Å². The van der Waals surface area contributed by atoms with Crippen LogP contribution in [0.25, 0.3) is 11.4 Å². The Morgan fingerprint density at radius 3 is 3.05 bits per heavy atom. The minimum atomic E-state index is 0.464. The zero-order valence-electron chi connectivity index (χ0n) is 11.4. The van der Waals surface area contributed by atoms with Gasteiger partial charge >= 0.3 is 0 Å². The molecule has 5 nitrogen and oxygen atoms in total. The van der Waals surface area contributed by atoms with Gasteiger partial charge < -0.3 is 5.73 Å². The van der Waals surface area contributed by atoms with Crippen molar-refractivity contribution < 1.29 is 0 Å². The fraction of sp³-hybridized carbons (Fsp3) is 0.500. The highest BCUT2D eigenvalue weighted by Crippen LogP contribution is 2.47. The molecule has 100 valence electrons. The SMILES string of the molecule is CCCC1CC1n1nnnc1-c1cccc(N)c1C. The van der Waals surface area contributed by atoms with Gasteiger partial charge in [0, 0.05) is 11.3 Å². The Kier molecular flexibility index (Phi) is 2.97. The molecule has 5 heteroatoms. The number of tetrazole rings is 1. The second-order valence-electron chi connectivity index (χ2n) is 5.32. The minimum Gasteiger partial charge on any atom is -0.398 e. The quantitative estimate of drug-likeness (QED) is 0.855. The molecule has 0 radical (unpaired) electrons. The molecule has 0 saturated heterocycles. The Balaban J connectivity index is 1.95. The minimum absolute atomic E-state index is 0.464. The maximum absolute atomic E-state index is 5.97. The molecule has 1 aromatic heterocycles. The van der Waals surface area contributed by atoms with Gasteiger partial charge in [-0.25, -0.2) is 4.68 Å². The lowest BCUT2D eigenvalue weighted by atomic mass is 10.1. The first-order chi connectivity index (χ1) is 9.22. The molecule has 1 heterocycles. The van der Waals surface area contributed by atoms with Gasteiger partial charge in [0.1, 0.15) is 0 Å². The molecule has 3 rings (SSSR count). The Morgan fingerprint density at radius 2 is 2.26 bits per heavy atom. The molecular formula is C14H19N5. The van der Waals surface area contributed by atoms with Gasteiger partial charge in [-0.05, 0) is 47.7 Å². The van der Waals surface area contributed by atoms with Crippen LogP contribution in [-0.4, -0.2) is 20.2 Å². The van der Waals surface area contributed by atoms with Crippen molar-refractivity contribution in [1.29, 1.82) is 0 Å². The molecule has 0 bridgehead atoms. The monoisotopic (exact) mass is 257 g/mol. The summed E-state index contributed by atoms with van der Waals surface area (Å²) < 4.78 is 1.97. The molecule has 1 saturated carbocycles. The van der Waals surface area contributed by atoms with Crippen molar-refractivity contribution in [2.24, 2.45) is 5.92 Å². The van der Waals surface area contributed by atoms with E-state index in [2.05, 4.69) is 22.4 Å². The van der Waals surface area contributed by atoms with Crippen LogP contribution in [0.3, 0.4) is 0 Å². The number of nitrogen functional groups attached to an aromatic ring is 1. The fourth-order valence-electron chi connectivity index (χ4n) is 2.70. The summed E-state index contributed by atoms with van der Waals surface area (Å²) in [6.45, 7) is 4.23. The summed E-state index contributed by atoms with van der Waals surface area (Å²) in [7, 11) is 0. The normalized spacial score (nSPS) is 21.6. The number of hydrogen-bond donors (Lipinski definition) is 1. The molecule has 2 atom stereocenters. The van der Waals surface area contributed by atoms with E-state index < -0.39 is 0 Å². The van der Waals surface area contributed by atoms with Crippen LogP contribution < -0.4 is 5.73 Å². The molecule has 1 aliphatic rings. The predicted octanol–water partition coefficient (Wildman–Crippen LogP) is 2.59. The maximum atomic E-state index is 5.97. The summed E-state index contributed by atoms with van der Waals surface area (Å²) in [4.78, 5) is 0. The molecule has 1 fully saturated rings. The van der Waals surface area contributed by atoms with Crippen molar-refractivity contribution in [3.8, 4) is 11.4 Å². The largest absolute Gasteiger partial charge is 0.398 e. The zero-order valence-corrected chi connectivity index (χ0v) is 11.4. The first kappa shape index (κ1) is 12.1. The number of benzene rings is 1. The highest BCUT2D eigenvalue weighted by Gasteiger charge is 2.40. The fourth-order valence-corrected chi connectivity index (χ4v) is 2.70. The standard InChI is InChI=1S/C14H19N5/c1-3-5-10-8-13(10)19-14(16-17-18-19)11-6-4-7-12(15)9(11)2/h4,6-7,10,13H,3,5,8,15H2,1-2H3. The number of aromatic nitrogens is 4. The summed E-state index contributed by atoms with van der Waals surface area (Å²) in [5.41, 5.74) is 8.83. The number of hydrogen-bond acceptors (Lipinski definition) is 4. The van der Waals surface area contributed by atoms with E-state index in [9.17, 15) is 0 Å². The number of anilines is 1. The molecule has 2 aromatic rings. The molecule has 0 aliphatic heterocycles. The van der Waals surface area contributed by atoms with E-state index >= 15 is 0 Å². The predicted molar refractivity (Wildman–Crippen MR) is 74.5 cm³/mol. The topological polar surface area (TPSA) is 69.6 Å². The van der Waals surface area contributed by atoms with Crippen molar-refractivity contribution in [2.75, 3.05) is 5.73 Å². The molecular weight excluding hydrogens is 238 g/mol. The van der Waals surface area contributed by atoms with E-state index in [0.29, 0.717) is 6.04 Å². The zero-order chi connectivity index (χ0) is 13.4. The van der Waals surface area contributed by atoms with Gasteiger partial charge in [0.25, 0.3) is 0 Å². The van der Waals surface area contributed by atoms with E-state index in [-0.39, 0.29) is 0 Å². The Labute approximate surface area is 112 Å². The highest BCUT2D eigenvalue weighted by molar-refractivity contribution is 5.67. The average molecular weight is 257 g/mol. The number of rotatable bonds is 4. The Bertz CT molecular complexity index is 589. The van der Waals surface area contributed by atoms with Crippen LogP contribution in [0, 0.1) is 12.8 Å². The number of nitrogens with zero attached hydrogens (tertiary/aromatic N) is 4. The molecule has 2 N–H and O–H groups in total. The second-order valence-corrected chi connectivity index (χ2v) is 5.32. The second kappa shape index (κ2) is 4.64. The number of nitrogens with two attached hydrogens (primary N) is 1. The van der Waals surface area contributed by atoms with Crippen LogP contribution in [-0.2, 0) is 0 Å².